The van der Waals surface area contributed by atoms with E-state index in [1.54, 1.807) is 11.3 Å². The van der Waals surface area contributed by atoms with Gasteiger partial charge in [0.1, 0.15) is 0 Å². The summed E-state index contributed by atoms with van der Waals surface area (Å²) in [6.07, 6.45) is 2.95. The van der Waals surface area contributed by atoms with E-state index in [0.717, 1.165) is 43.1 Å². The number of hydrogen-bond donors (Lipinski definition) is 2. The molecule has 7 heteroatoms. The lowest BCUT2D eigenvalue weighted by atomic mass is 9.99. The number of hydrogen-bond acceptors (Lipinski definition) is 4. The van der Waals surface area contributed by atoms with Crippen LogP contribution in [0, 0.1) is 19.8 Å². The molecule has 1 amide bonds. The number of aryl methyl sites for hydroxylation is 2. The molecule has 2 rings (SSSR count). The molecule has 0 aromatic carbocycles. The summed E-state index contributed by atoms with van der Waals surface area (Å²) >= 11 is 1.73. The highest BCUT2D eigenvalue weighted by Crippen LogP contribution is 2.16. The molecule has 1 fully saturated rings. The van der Waals surface area contributed by atoms with Crippen LogP contribution in [0.1, 0.15) is 28.4 Å². The summed E-state index contributed by atoms with van der Waals surface area (Å²) in [5, 5.41) is 7.40. The van der Waals surface area contributed by atoms with Gasteiger partial charge in [-0.3, -0.25) is 4.79 Å². The molecule has 2 heterocycles. The molecule has 2 N–H and O–H groups in total. The van der Waals surface area contributed by atoms with Crippen LogP contribution in [0.2, 0.25) is 0 Å². The molecule has 1 saturated heterocycles. The molecule has 1 aliphatic heterocycles. The fourth-order valence-electron chi connectivity index (χ4n) is 2.16. The smallest absolute Gasteiger partial charge is 0.224 e. The summed E-state index contributed by atoms with van der Waals surface area (Å²) in [7, 11) is 0. The molecule has 116 valence electrons. The Hall–Kier alpha value is -0.360. The molecule has 0 spiro atoms. The van der Waals surface area contributed by atoms with Crippen LogP contribution < -0.4 is 10.6 Å². The number of piperidine rings is 1. The maximum Gasteiger partial charge on any atom is 0.224 e. The minimum absolute atomic E-state index is 0. The number of aromatic nitrogens is 1. The number of carbonyl (C=O) groups excluding carboxylic acids is 1. The zero-order valence-corrected chi connectivity index (χ0v) is 14.3. The first-order valence-corrected chi connectivity index (χ1v) is 7.40. The summed E-state index contributed by atoms with van der Waals surface area (Å²) in [6.45, 7) is 6.68. The molecule has 0 bridgehead atoms. The largest absolute Gasteiger partial charge is 0.355 e. The van der Waals surface area contributed by atoms with Crippen LogP contribution >= 0.6 is 36.2 Å². The molecular weight excluding hydrogens is 317 g/mol. The third-order valence-electron chi connectivity index (χ3n) is 3.38. The lowest BCUT2D eigenvalue weighted by Crippen LogP contribution is -2.41. The van der Waals surface area contributed by atoms with E-state index in [4.69, 9.17) is 0 Å². The Morgan fingerprint density at radius 3 is 2.75 bits per heavy atom. The average molecular weight is 340 g/mol. The number of nitrogens with zero attached hydrogens (tertiary/aromatic N) is 1. The van der Waals surface area contributed by atoms with Gasteiger partial charge in [-0.2, -0.15) is 0 Å². The van der Waals surface area contributed by atoms with E-state index < -0.39 is 0 Å². The Bertz CT molecular complexity index is 400. The van der Waals surface area contributed by atoms with Gasteiger partial charge < -0.3 is 10.6 Å². The lowest BCUT2D eigenvalue weighted by Gasteiger charge is -2.21. The van der Waals surface area contributed by atoms with E-state index in [1.165, 1.54) is 4.88 Å². The van der Waals surface area contributed by atoms with Gasteiger partial charge in [0.2, 0.25) is 5.91 Å². The molecule has 4 nitrogen and oxygen atoms in total. The number of carbonyl (C=O) groups is 1. The molecule has 1 aromatic heterocycles. The van der Waals surface area contributed by atoms with Crippen LogP contribution in [0.5, 0.6) is 0 Å². The standard InChI is InChI=1S/C13H21N3OS.2ClH/c1-9-10(2)18-12(16-9)5-7-15-13(17)11-4-3-6-14-8-11;;/h11,14H,3-8H2,1-2H3,(H,15,17);2*1H. The van der Waals surface area contributed by atoms with Crippen molar-refractivity contribution >= 4 is 42.1 Å². The quantitative estimate of drug-likeness (QED) is 0.884. The number of amides is 1. The lowest BCUT2D eigenvalue weighted by molar-refractivity contribution is -0.125. The van der Waals surface area contributed by atoms with Crippen LogP contribution in [0.15, 0.2) is 0 Å². The number of halogens is 2. The first kappa shape index (κ1) is 19.6. The van der Waals surface area contributed by atoms with Gasteiger partial charge in [0.05, 0.1) is 16.6 Å². The van der Waals surface area contributed by atoms with Gasteiger partial charge in [-0.15, -0.1) is 36.2 Å². The van der Waals surface area contributed by atoms with Crippen LogP contribution in [-0.4, -0.2) is 30.5 Å². The first-order valence-electron chi connectivity index (χ1n) is 6.58. The van der Waals surface area contributed by atoms with Crippen molar-refractivity contribution in [2.75, 3.05) is 19.6 Å². The number of thiazole rings is 1. The Morgan fingerprint density at radius 2 is 2.20 bits per heavy atom. The van der Waals surface area contributed by atoms with Crippen molar-refractivity contribution in [1.82, 2.24) is 15.6 Å². The highest BCUT2D eigenvalue weighted by molar-refractivity contribution is 7.11. The third-order valence-corrected chi connectivity index (χ3v) is 4.51. The Kier molecular flexibility index (Phi) is 9.38. The van der Waals surface area contributed by atoms with E-state index >= 15 is 0 Å². The molecule has 0 saturated carbocycles. The van der Waals surface area contributed by atoms with Crippen molar-refractivity contribution in [2.24, 2.45) is 5.92 Å². The minimum Gasteiger partial charge on any atom is -0.355 e. The predicted octanol–water partition coefficient (Wildman–Crippen LogP) is 2.26. The monoisotopic (exact) mass is 339 g/mol. The molecule has 1 atom stereocenters. The van der Waals surface area contributed by atoms with Gasteiger partial charge in [0, 0.05) is 24.4 Å². The van der Waals surface area contributed by atoms with Crippen molar-refractivity contribution in [2.45, 2.75) is 33.1 Å². The maximum atomic E-state index is 11.9. The topological polar surface area (TPSA) is 54.0 Å². The molecule has 1 aliphatic rings. The Labute approximate surface area is 137 Å². The average Bonchev–Trinajstić information content (AvgIpc) is 2.69. The first-order chi connectivity index (χ1) is 8.66. The van der Waals surface area contributed by atoms with E-state index in [0.29, 0.717) is 6.54 Å². The number of nitrogens with one attached hydrogen (secondary N) is 2. The second-order valence-corrected chi connectivity index (χ2v) is 6.12. The van der Waals surface area contributed by atoms with E-state index in [-0.39, 0.29) is 36.6 Å². The SMILES string of the molecule is Cc1nc(CCNC(=O)C2CCCNC2)sc1C.Cl.Cl. The van der Waals surface area contributed by atoms with Crippen molar-refractivity contribution in [3.63, 3.8) is 0 Å². The van der Waals surface area contributed by atoms with Gasteiger partial charge in [-0.25, -0.2) is 4.98 Å². The van der Waals surface area contributed by atoms with Crippen LogP contribution in [0.25, 0.3) is 0 Å². The summed E-state index contributed by atoms with van der Waals surface area (Å²) in [5.74, 6) is 0.339. The second-order valence-electron chi connectivity index (χ2n) is 4.83. The van der Waals surface area contributed by atoms with Gasteiger partial charge in [-0.05, 0) is 33.2 Å². The fraction of sp³-hybridized carbons (Fsp3) is 0.692. The van der Waals surface area contributed by atoms with Gasteiger partial charge in [0.25, 0.3) is 0 Å². The fourth-order valence-corrected chi connectivity index (χ4v) is 3.09. The summed E-state index contributed by atoms with van der Waals surface area (Å²) in [4.78, 5) is 17.6. The third kappa shape index (κ3) is 5.56. The maximum absolute atomic E-state index is 11.9. The van der Waals surface area contributed by atoms with E-state index in [2.05, 4.69) is 22.5 Å². The van der Waals surface area contributed by atoms with Gasteiger partial charge >= 0.3 is 0 Å². The second kappa shape index (κ2) is 9.55. The normalized spacial score (nSPS) is 17.8. The molecule has 0 radical (unpaired) electrons. The summed E-state index contributed by atoms with van der Waals surface area (Å²) in [5.41, 5.74) is 1.11. The highest BCUT2D eigenvalue weighted by atomic mass is 35.5. The predicted molar refractivity (Wildman–Crippen MR) is 88.4 cm³/mol. The van der Waals surface area contributed by atoms with Crippen molar-refractivity contribution < 1.29 is 4.79 Å². The zero-order valence-electron chi connectivity index (χ0n) is 11.9. The Morgan fingerprint density at radius 1 is 1.45 bits per heavy atom. The van der Waals surface area contributed by atoms with Crippen molar-refractivity contribution in [1.29, 1.82) is 0 Å². The van der Waals surface area contributed by atoms with Gasteiger partial charge in [0.15, 0.2) is 0 Å². The van der Waals surface area contributed by atoms with E-state index in [9.17, 15) is 4.79 Å². The summed E-state index contributed by atoms with van der Waals surface area (Å²) < 4.78 is 0. The van der Waals surface area contributed by atoms with E-state index in [1.807, 2.05) is 6.92 Å². The molecule has 0 aliphatic carbocycles. The Balaban J connectivity index is 0.00000180. The van der Waals surface area contributed by atoms with Crippen LogP contribution in [-0.2, 0) is 11.2 Å². The van der Waals surface area contributed by atoms with Crippen LogP contribution in [0.4, 0.5) is 0 Å². The molecule has 1 aromatic rings. The molecule has 1 unspecified atom stereocenters. The van der Waals surface area contributed by atoms with Crippen molar-refractivity contribution in [3.05, 3.63) is 15.6 Å². The summed E-state index contributed by atoms with van der Waals surface area (Å²) in [6, 6.07) is 0. The zero-order chi connectivity index (χ0) is 13.0. The molecular formula is C13H23Cl2N3OS. The van der Waals surface area contributed by atoms with Crippen LogP contribution in [0.3, 0.4) is 0 Å². The van der Waals surface area contributed by atoms with Gasteiger partial charge in [-0.1, -0.05) is 0 Å². The molecule has 20 heavy (non-hydrogen) atoms. The van der Waals surface area contributed by atoms with Crippen molar-refractivity contribution in [3.8, 4) is 0 Å². The minimum atomic E-state index is 0. The number of rotatable bonds is 4. The highest BCUT2D eigenvalue weighted by Gasteiger charge is 2.20.